The van der Waals surface area contributed by atoms with Gasteiger partial charge in [0.2, 0.25) is 5.76 Å². The van der Waals surface area contributed by atoms with E-state index in [2.05, 4.69) is 38.4 Å². The normalized spacial score (nSPS) is 11.3. The van der Waals surface area contributed by atoms with Gasteiger partial charge in [0.05, 0.1) is 12.5 Å². The first kappa shape index (κ1) is 24.9. The van der Waals surface area contributed by atoms with Gasteiger partial charge in [0.1, 0.15) is 11.4 Å². The number of ether oxygens (including phenoxy) is 1. The molecule has 0 aliphatic rings. The van der Waals surface area contributed by atoms with Gasteiger partial charge < -0.3 is 14.5 Å². The predicted molar refractivity (Wildman–Crippen MR) is 144 cm³/mol. The Balaban J connectivity index is 1.50. The SMILES string of the molecule is C=C(N/C(=C/c1cccs1)C(=O)N/N=C/c1cc(Br)ccc1OC(=O)c1ccco1)c1ccccc1. The molecule has 4 rings (SSSR count). The van der Waals surface area contributed by atoms with Gasteiger partial charge in [-0.1, -0.05) is 58.9 Å². The monoisotopic (exact) mass is 561 g/mol. The van der Waals surface area contributed by atoms with Crippen LogP contribution in [0.2, 0.25) is 0 Å². The summed E-state index contributed by atoms with van der Waals surface area (Å²) in [5.74, 6) is -0.795. The fourth-order valence-electron chi connectivity index (χ4n) is 3.03. The molecular formula is C27H20BrN3O4S. The molecule has 4 aromatic rings. The van der Waals surface area contributed by atoms with Crippen molar-refractivity contribution in [3.8, 4) is 5.75 Å². The second-order valence-electron chi connectivity index (χ2n) is 7.29. The van der Waals surface area contributed by atoms with Crippen LogP contribution in [-0.2, 0) is 4.79 Å². The standard InChI is InChI=1S/C27H20BrN3O4S/c1-18(19-7-3-2-4-8-19)30-23(16-22-9-6-14-36-22)26(32)31-29-17-20-15-21(28)11-12-24(20)35-27(33)25-10-5-13-34-25/h2-17,30H,1H2,(H,31,32)/b23-16+,29-17+. The lowest BCUT2D eigenvalue weighted by Gasteiger charge is -2.12. The van der Waals surface area contributed by atoms with Crippen LogP contribution in [0, 0.1) is 0 Å². The average molecular weight is 562 g/mol. The Labute approximate surface area is 219 Å². The third kappa shape index (κ3) is 6.68. The highest BCUT2D eigenvalue weighted by Crippen LogP contribution is 2.23. The van der Waals surface area contributed by atoms with E-state index in [0.717, 1.165) is 14.9 Å². The number of rotatable bonds is 9. The number of benzene rings is 2. The minimum Gasteiger partial charge on any atom is -0.457 e. The van der Waals surface area contributed by atoms with Crippen LogP contribution in [0.5, 0.6) is 5.75 Å². The second kappa shape index (κ2) is 12.0. The van der Waals surface area contributed by atoms with Crippen molar-refractivity contribution >= 4 is 57.1 Å². The lowest BCUT2D eigenvalue weighted by atomic mass is 10.1. The van der Waals surface area contributed by atoms with Gasteiger partial charge in [0.25, 0.3) is 5.91 Å². The molecule has 0 saturated carbocycles. The number of carbonyl (C=O) groups is 2. The molecule has 180 valence electrons. The fraction of sp³-hybridized carbons (Fsp3) is 0. The van der Waals surface area contributed by atoms with E-state index in [1.165, 1.54) is 29.9 Å². The number of carbonyl (C=O) groups excluding carboxylic acids is 2. The van der Waals surface area contributed by atoms with E-state index in [9.17, 15) is 9.59 Å². The van der Waals surface area contributed by atoms with Crippen LogP contribution in [0.1, 0.15) is 26.6 Å². The average Bonchev–Trinajstić information content (AvgIpc) is 3.60. The highest BCUT2D eigenvalue weighted by molar-refractivity contribution is 9.10. The number of amides is 1. The fourth-order valence-corrected chi connectivity index (χ4v) is 4.06. The summed E-state index contributed by atoms with van der Waals surface area (Å²) in [4.78, 5) is 26.2. The largest absolute Gasteiger partial charge is 0.457 e. The second-order valence-corrected chi connectivity index (χ2v) is 9.19. The molecule has 0 bridgehead atoms. The lowest BCUT2D eigenvalue weighted by molar-refractivity contribution is -0.117. The molecule has 0 radical (unpaired) electrons. The van der Waals surface area contributed by atoms with Crippen molar-refractivity contribution in [2.45, 2.75) is 0 Å². The number of halogens is 1. The van der Waals surface area contributed by atoms with Gasteiger partial charge in [-0.2, -0.15) is 5.10 Å². The summed E-state index contributed by atoms with van der Waals surface area (Å²) in [7, 11) is 0. The molecule has 2 aromatic carbocycles. The molecule has 36 heavy (non-hydrogen) atoms. The molecule has 0 fully saturated rings. The zero-order chi connectivity index (χ0) is 25.3. The Morgan fingerprint density at radius 2 is 1.89 bits per heavy atom. The summed E-state index contributed by atoms with van der Waals surface area (Å²) in [6.45, 7) is 4.05. The number of nitrogens with one attached hydrogen (secondary N) is 2. The molecule has 1 amide bonds. The Kier molecular flexibility index (Phi) is 8.28. The first-order chi connectivity index (χ1) is 17.5. The Morgan fingerprint density at radius 1 is 1.06 bits per heavy atom. The van der Waals surface area contributed by atoms with Gasteiger partial charge in [-0.3, -0.25) is 4.79 Å². The molecule has 0 atom stereocenters. The molecule has 0 unspecified atom stereocenters. The van der Waals surface area contributed by atoms with E-state index in [4.69, 9.17) is 9.15 Å². The summed E-state index contributed by atoms with van der Waals surface area (Å²) >= 11 is 4.89. The molecule has 0 saturated heterocycles. The minimum absolute atomic E-state index is 0.0715. The van der Waals surface area contributed by atoms with E-state index >= 15 is 0 Å². The van der Waals surface area contributed by atoms with Crippen molar-refractivity contribution in [3.63, 3.8) is 0 Å². The summed E-state index contributed by atoms with van der Waals surface area (Å²) in [5.41, 5.74) is 4.67. The van der Waals surface area contributed by atoms with E-state index in [1.807, 2.05) is 47.8 Å². The number of nitrogens with zero attached hydrogens (tertiary/aromatic N) is 1. The summed E-state index contributed by atoms with van der Waals surface area (Å²) in [6.07, 6.45) is 4.50. The highest BCUT2D eigenvalue weighted by atomic mass is 79.9. The molecule has 0 aliphatic heterocycles. The topological polar surface area (TPSA) is 92.9 Å². The number of hydrogen-bond donors (Lipinski definition) is 2. The molecule has 9 heteroatoms. The van der Waals surface area contributed by atoms with Crippen molar-refractivity contribution in [2.24, 2.45) is 5.10 Å². The van der Waals surface area contributed by atoms with Crippen LogP contribution in [0.25, 0.3) is 11.8 Å². The van der Waals surface area contributed by atoms with Gasteiger partial charge in [0, 0.05) is 20.6 Å². The third-order valence-electron chi connectivity index (χ3n) is 4.75. The molecule has 2 aromatic heterocycles. The van der Waals surface area contributed by atoms with Crippen LogP contribution >= 0.6 is 27.3 Å². The Hall–Kier alpha value is -4.21. The van der Waals surface area contributed by atoms with Crippen LogP contribution in [0.3, 0.4) is 0 Å². The number of esters is 1. The Bertz CT molecular complexity index is 1410. The summed E-state index contributed by atoms with van der Waals surface area (Å²) < 4.78 is 11.3. The van der Waals surface area contributed by atoms with Crippen LogP contribution in [-0.4, -0.2) is 18.1 Å². The first-order valence-electron chi connectivity index (χ1n) is 10.6. The number of hydrogen-bond acceptors (Lipinski definition) is 7. The van der Waals surface area contributed by atoms with Crippen molar-refractivity contribution in [1.29, 1.82) is 0 Å². The van der Waals surface area contributed by atoms with Crippen LogP contribution in [0.15, 0.2) is 111 Å². The highest BCUT2D eigenvalue weighted by Gasteiger charge is 2.15. The maximum Gasteiger partial charge on any atom is 0.379 e. The quantitative estimate of drug-likeness (QED) is 0.0849. The van der Waals surface area contributed by atoms with Gasteiger partial charge in [-0.05, 0) is 53.4 Å². The van der Waals surface area contributed by atoms with Gasteiger partial charge in [-0.25, -0.2) is 10.2 Å². The van der Waals surface area contributed by atoms with Gasteiger partial charge >= 0.3 is 5.97 Å². The molecule has 7 nitrogen and oxygen atoms in total. The van der Waals surface area contributed by atoms with Crippen molar-refractivity contribution in [2.75, 3.05) is 0 Å². The smallest absolute Gasteiger partial charge is 0.379 e. The number of thiophene rings is 1. The maximum atomic E-state index is 13.0. The van der Waals surface area contributed by atoms with E-state index in [1.54, 1.807) is 30.3 Å². The van der Waals surface area contributed by atoms with E-state index < -0.39 is 11.9 Å². The van der Waals surface area contributed by atoms with Crippen LogP contribution < -0.4 is 15.5 Å². The lowest BCUT2D eigenvalue weighted by Crippen LogP contribution is -2.28. The first-order valence-corrected chi connectivity index (χ1v) is 12.3. The summed E-state index contributed by atoms with van der Waals surface area (Å²) in [6, 6.07) is 21.4. The third-order valence-corrected chi connectivity index (χ3v) is 6.06. The van der Waals surface area contributed by atoms with Gasteiger partial charge in [0.15, 0.2) is 0 Å². The number of furan rings is 1. The van der Waals surface area contributed by atoms with Crippen LogP contribution in [0.4, 0.5) is 0 Å². The van der Waals surface area contributed by atoms with Gasteiger partial charge in [-0.15, -0.1) is 11.3 Å². The van der Waals surface area contributed by atoms with Crippen molar-refractivity contribution in [3.05, 3.63) is 123 Å². The number of hydrazone groups is 1. The van der Waals surface area contributed by atoms with E-state index in [0.29, 0.717) is 11.3 Å². The molecule has 2 heterocycles. The minimum atomic E-state index is -0.647. The maximum absolute atomic E-state index is 13.0. The zero-order valence-corrected chi connectivity index (χ0v) is 21.2. The molecule has 0 spiro atoms. The van der Waals surface area contributed by atoms with E-state index in [-0.39, 0.29) is 17.2 Å². The predicted octanol–water partition coefficient (Wildman–Crippen LogP) is 6.07. The molecule has 2 N–H and O–H groups in total. The molecular weight excluding hydrogens is 542 g/mol. The Morgan fingerprint density at radius 3 is 2.61 bits per heavy atom. The molecule has 0 aliphatic carbocycles. The zero-order valence-electron chi connectivity index (χ0n) is 18.8. The van der Waals surface area contributed by atoms with Crippen molar-refractivity contribution in [1.82, 2.24) is 10.7 Å². The summed E-state index contributed by atoms with van der Waals surface area (Å²) in [5, 5.41) is 9.08. The van der Waals surface area contributed by atoms with Crippen molar-refractivity contribution < 1.29 is 18.7 Å².